The predicted molar refractivity (Wildman–Crippen MR) is 87.8 cm³/mol. The summed E-state index contributed by atoms with van der Waals surface area (Å²) in [5.74, 6) is 1.37. The van der Waals surface area contributed by atoms with E-state index in [9.17, 15) is 4.79 Å². The van der Waals surface area contributed by atoms with E-state index in [0.29, 0.717) is 17.7 Å². The van der Waals surface area contributed by atoms with Crippen molar-refractivity contribution in [3.8, 4) is 5.75 Å². The van der Waals surface area contributed by atoms with Gasteiger partial charge >= 0.3 is 0 Å². The number of aromatic nitrogens is 1. The number of ether oxygens (including phenoxy) is 2. The number of benzene rings is 1. The first-order chi connectivity index (χ1) is 11.2. The summed E-state index contributed by atoms with van der Waals surface area (Å²) in [6, 6.07) is 8.17. The number of nitrogens with zero attached hydrogens (tertiary/aromatic N) is 1. The largest absolute Gasteiger partial charge is 0.497 e. The quantitative estimate of drug-likeness (QED) is 0.923. The van der Waals surface area contributed by atoms with E-state index in [4.69, 9.17) is 9.47 Å². The standard InChI is InChI=1S/C18H22N2O3/c1-22-15-5-2-13-8-17(19-16(13)9-15)18(21)20(14-3-4-14)10-12-6-7-23-11-12/h2,5,8-9,12,14,19H,3-4,6-7,10-11H2,1H3/t12-/m0/s1. The lowest BCUT2D eigenvalue weighted by Crippen LogP contribution is -2.37. The van der Waals surface area contributed by atoms with Crippen molar-refractivity contribution in [3.63, 3.8) is 0 Å². The lowest BCUT2D eigenvalue weighted by molar-refractivity contribution is 0.0701. The molecule has 2 aliphatic rings. The molecule has 1 atom stereocenters. The van der Waals surface area contributed by atoms with Crippen LogP contribution in [0, 0.1) is 5.92 Å². The first-order valence-electron chi connectivity index (χ1n) is 8.30. The van der Waals surface area contributed by atoms with Crippen LogP contribution in [0.3, 0.4) is 0 Å². The zero-order valence-electron chi connectivity index (χ0n) is 13.4. The van der Waals surface area contributed by atoms with Crippen LogP contribution in [-0.4, -0.2) is 48.7 Å². The van der Waals surface area contributed by atoms with Crippen molar-refractivity contribution in [3.05, 3.63) is 30.0 Å². The van der Waals surface area contributed by atoms with Crippen LogP contribution >= 0.6 is 0 Å². The van der Waals surface area contributed by atoms with E-state index in [0.717, 1.165) is 55.7 Å². The minimum atomic E-state index is 0.106. The number of amides is 1. The molecule has 2 fully saturated rings. The summed E-state index contributed by atoms with van der Waals surface area (Å²) >= 11 is 0. The Labute approximate surface area is 135 Å². The van der Waals surface area contributed by atoms with E-state index in [1.807, 2.05) is 29.2 Å². The fourth-order valence-electron chi connectivity index (χ4n) is 3.29. The number of carbonyl (C=O) groups is 1. The smallest absolute Gasteiger partial charge is 0.270 e. The third kappa shape index (κ3) is 2.93. The van der Waals surface area contributed by atoms with Crippen molar-refractivity contribution < 1.29 is 14.3 Å². The van der Waals surface area contributed by atoms with Gasteiger partial charge in [-0.3, -0.25) is 4.79 Å². The van der Waals surface area contributed by atoms with E-state index in [1.165, 1.54) is 0 Å². The molecular weight excluding hydrogens is 292 g/mol. The van der Waals surface area contributed by atoms with Crippen LogP contribution in [0.2, 0.25) is 0 Å². The van der Waals surface area contributed by atoms with Gasteiger partial charge in [-0.05, 0) is 37.5 Å². The normalized spacial score (nSPS) is 20.8. The number of H-pyrrole nitrogens is 1. The van der Waals surface area contributed by atoms with Crippen molar-refractivity contribution in [2.75, 3.05) is 26.9 Å². The van der Waals surface area contributed by atoms with Gasteiger partial charge in [0.15, 0.2) is 0 Å². The second-order valence-electron chi connectivity index (χ2n) is 6.55. The third-order valence-corrected chi connectivity index (χ3v) is 4.79. The van der Waals surface area contributed by atoms with Crippen molar-refractivity contribution >= 4 is 16.8 Å². The molecule has 0 radical (unpaired) electrons. The van der Waals surface area contributed by atoms with Crippen LogP contribution in [0.1, 0.15) is 29.8 Å². The summed E-state index contributed by atoms with van der Waals surface area (Å²) in [5.41, 5.74) is 1.60. The number of hydrogen-bond donors (Lipinski definition) is 1. The van der Waals surface area contributed by atoms with Gasteiger partial charge in [-0.15, -0.1) is 0 Å². The second-order valence-corrected chi connectivity index (χ2v) is 6.55. The number of methoxy groups -OCH3 is 1. The van der Waals surface area contributed by atoms with E-state index in [2.05, 4.69) is 4.98 Å². The topological polar surface area (TPSA) is 54.6 Å². The van der Waals surface area contributed by atoms with Gasteiger partial charge in [-0.1, -0.05) is 0 Å². The van der Waals surface area contributed by atoms with Gasteiger partial charge in [-0.25, -0.2) is 0 Å². The highest BCUT2D eigenvalue weighted by Gasteiger charge is 2.35. The SMILES string of the molecule is COc1ccc2cc(C(=O)N(C[C@@H]3CCOC3)C3CC3)[nH]c2c1. The molecule has 1 aliphatic carbocycles. The molecule has 1 aromatic heterocycles. The van der Waals surface area contributed by atoms with E-state index < -0.39 is 0 Å². The molecule has 1 amide bonds. The Morgan fingerprint density at radius 1 is 1.35 bits per heavy atom. The van der Waals surface area contributed by atoms with Crippen molar-refractivity contribution in [1.82, 2.24) is 9.88 Å². The molecule has 2 aromatic rings. The molecule has 23 heavy (non-hydrogen) atoms. The number of fused-ring (bicyclic) bond motifs is 1. The maximum absolute atomic E-state index is 13.0. The molecule has 0 unspecified atom stereocenters. The van der Waals surface area contributed by atoms with Gasteiger partial charge < -0.3 is 19.4 Å². The number of nitrogens with one attached hydrogen (secondary N) is 1. The first kappa shape index (κ1) is 14.6. The number of hydrogen-bond acceptors (Lipinski definition) is 3. The molecule has 1 aliphatic heterocycles. The summed E-state index contributed by atoms with van der Waals surface area (Å²) < 4.78 is 10.7. The maximum atomic E-state index is 13.0. The van der Waals surface area contributed by atoms with E-state index in [1.54, 1.807) is 7.11 Å². The van der Waals surface area contributed by atoms with Crippen molar-refractivity contribution in [1.29, 1.82) is 0 Å². The van der Waals surface area contributed by atoms with Gasteiger partial charge in [-0.2, -0.15) is 0 Å². The zero-order chi connectivity index (χ0) is 15.8. The first-order valence-corrected chi connectivity index (χ1v) is 8.30. The Hall–Kier alpha value is -2.01. The lowest BCUT2D eigenvalue weighted by Gasteiger charge is -2.24. The van der Waals surface area contributed by atoms with Crippen LogP contribution in [0.25, 0.3) is 10.9 Å². The zero-order valence-corrected chi connectivity index (χ0v) is 13.4. The minimum Gasteiger partial charge on any atom is -0.497 e. The molecule has 122 valence electrons. The van der Waals surface area contributed by atoms with Gasteiger partial charge in [0.1, 0.15) is 11.4 Å². The molecule has 4 rings (SSSR count). The molecule has 1 saturated carbocycles. The Balaban J connectivity index is 1.58. The highest BCUT2D eigenvalue weighted by molar-refractivity contribution is 5.98. The lowest BCUT2D eigenvalue weighted by atomic mass is 10.1. The van der Waals surface area contributed by atoms with Gasteiger partial charge in [0, 0.05) is 42.1 Å². The van der Waals surface area contributed by atoms with Gasteiger partial charge in [0.2, 0.25) is 0 Å². The molecule has 2 heterocycles. The second kappa shape index (κ2) is 5.89. The molecule has 5 nitrogen and oxygen atoms in total. The Morgan fingerprint density at radius 2 is 2.22 bits per heavy atom. The Morgan fingerprint density at radius 3 is 2.91 bits per heavy atom. The number of rotatable bonds is 5. The predicted octanol–water partition coefficient (Wildman–Crippen LogP) is 2.82. The third-order valence-electron chi connectivity index (χ3n) is 4.79. The molecule has 0 bridgehead atoms. The number of aromatic amines is 1. The van der Waals surface area contributed by atoms with Crippen LogP contribution in [0.4, 0.5) is 0 Å². The summed E-state index contributed by atoms with van der Waals surface area (Å²) in [5, 5.41) is 1.04. The number of carbonyl (C=O) groups excluding carboxylic acids is 1. The molecule has 1 saturated heterocycles. The average molecular weight is 314 g/mol. The summed E-state index contributed by atoms with van der Waals surface area (Å²) in [4.78, 5) is 18.3. The molecule has 1 aromatic carbocycles. The molecule has 1 N–H and O–H groups in total. The van der Waals surface area contributed by atoms with Crippen LogP contribution < -0.4 is 4.74 Å². The van der Waals surface area contributed by atoms with Crippen LogP contribution in [0.15, 0.2) is 24.3 Å². The van der Waals surface area contributed by atoms with E-state index in [-0.39, 0.29) is 5.91 Å². The van der Waals surface area contributed by atoms with Gasteiger partial charge in [0.05, 0.1) is 13.7 Å². The highest BCUT2D eigenvalue weighted by atomic mass is 16.5. The summed E-state index contributed by atoms with van der Waals surface area (Å²) in [6.45, 7) is 2.41. The fraction of sp³-hybridized carbons (Fsp3) is 0.500. The average Bonchev–Trinajstić information content (AvgIpc) is 3.11. The fourth-order valence-corrected chi connectivity index (χ4v) is 3.29. The van der Waals surface area contributed by atoms with E-state index >= 15 is 0 Å². The molecule has 5 heteroatoms. The van der Waals surface area contributed by atoms with Crippen LogP contribution in [0.5, 0.6) is 5.75 Å². The van der Waals surface area contributed by atoms with Gasteiger partial charge in [0.25, 0.3) is 5.91 Å². The maximum Gasteiger partial charge on any atom is 0.270 e. The monoisotopic (exact) mass is 314 g/mol. The minimum absolute atomic E-state index is 0.106. The van der Waals surface area contributed by atoms with Crippen LogP contribution in [-0.2, 0) is 4.74 Å². The molecule has 0 spiro atoms. The Bertz CT molecular complexity index is 714. The Kier molecular flexibility index (Phi) is 3.73. The summed E-state index contributed by atoms with van der Waals surface area (Å²) in [6.07, 6.45) is 3.29. The van der Waals surface area contributed by atoms with Crippen molar-refractivity contribution in [2.24, 2.45) is 5.92 Å². The molecular formula is C18H22N2O3. The summed E-state index contributed by atoms with van der Waals surface area (Å²) in [7, 11) is 1.65. The van der Waals surface area contributed by atoms with Crippen molar-refractivity contribution in [2.45, 2.75) is 25.3 Å². The highest BCUT2D eigenvalue weighted by Crippen LogP contribution is 2.31.